The number of ether oxygens (including phenoxy) is 1. The van der Waals surface area contributed by atoms with E-state index in [1.54, 1.807) is 6.07 Å². The standard InChI is InChI=1S/C17H18O2/c1-12(17(2,3)4)16(18)19-15-11-7-9-13-8-5-6-10-14(13)15/h5-11H,1H2,2-4H3. The summed E-state index contributed by atoms with van der Waals surface area (Å²) in [6.07, 6.45) is 0. The van der Waals surface area contributed by atoms with Crippen molar-refractivity contribution in [2.24, 2.45) is 5.41 Å². The number of carbonyl (C=O) groups excluding carboxylic acids is 1. The summed E-state index contributed by atoms with van der Waals surface area (Å²) >= 11 is 0. The molecule has 0 unspecified atom stereocenters. The summed E-state index contributed by atoms with van der Waals surface area (Å²) in [7, 11) is 0. The van der Waals surface area contributed by atoms with Crippen LogP contribution in [-0.2, 0) is 4.79 Å². The fraction of sp³-hybridized carbons (Fsp3) is 0.235. The van der Waals surface area contributed by atoms with Gasteiger partial charge in [-0.05, 0) is 16.9 Å². The molecule has 19 heavy (non-hydrogen) atoms. The van der Waals surface area contributed by atoms with Crippen LogP contribution in [0, 0.1) is 5.41 Å². The third kappa shape index (κ3) is 2.84. The Morgan fingerprint density at radius 2 is 1.68 bits per heavy atom. The van der Waals surface area contributed by atoms with Gasteiger partial charge in [0, 0.05) is 11.0 Å². The van der Waals surface area contributed by atoms with E-state index in [-0.39, 0.29) is 11.4 Å². The highest BCUT2D eigenvalue weighted by Gasteiger charge is 2.23. The molecule has 0 heterocycles. The van der Waals surface area contributed by atoms with Crippen LogP contribution in [0.25, 0.3) is 10.8 Å². The molecule has 0 aliphatic rings. The van der Waals surface area contributed by atoms with Gasteiger partial charge in [-0.25, -0.2) is 4.79 Å². The van der Waals surface area contributed by atoms with E-state index in [0.717, 1.165) is 10.8 Å². The van der Waals surface area contributed by atoms with Gasteiger partial charge < -0.3 is 4.74 Å². The molecule has 0 fully saturated rings. The highest BCUT2D eigenvalue weighted by atomic mass is 16.5. The first kappa shape index (κ1) is 13.3. The van der Waals surface area contributed by atoms with Gasteiger partial charge >= 0.3 is 5.97 Å². The minimum absolute atomic E-state index is 0.290. The molecule has 0 aliphatic carbocycles. The fourth-order valence-electron chi connectivity index (χ4n) is 1.75. The first-order valence-electron chi connectivity index (χ1n) is 6.29. The van der Waals surface area contributed by atoms with Crippen molar-refractivity contribution in [2.45, 2.75) is 20.8 Å². The Morgan fingerprint density at radius 1 is 1.05 bits per heavy atom. The van der Waals surface area contributed by atoms with Crippen LogP contribution < -0.4 is 4.74 Å². The van der Waals surface area contributed by atoms with Crippen LogP contribution in [0.3, 0.4) is 0 Å². The third-order valence-corrected chi connectivity index (χ3v) is 3.10. The molecule has 2 aromatic rings. The van der Waals surface area contributed by atoms with Crippen molar-refractivity contribution < 1.29 is 9.53 Å². The van der Waals surface area contributed by atoms with Gasteiger partial charge in [0.25, 0.3) is 0 Å². The largest absolute Gasteiger partial charge is 0.423 e. The van der Waals surface area contributed by atoms with Crippen molar-refractivity contribution in [3.05, 3.63) is 54.6 Å². The molecule has 2 aromatic carbocycles. The van der Waals surface area contributed by atoms with Crippen LogP contribution in [-0.4, -0.2) is 5.97 Å². The highest BCUT2D eigenvalue weighted by Crippen LogP contribution is 2.29. The lowest BCUT2D eigenvalue weighted by atomic mass is 9.88. The first-order chi connectivity index (χ1) is 8.89. The second kappa shape index (κ2) is 4.88. The Labute approximate surface area is 113 Å². The topological polar surface area (TPSA) is 26.3 Å². The zero-order valence-electron chi connectivity index (χ0n) is 11.6. The first-order valence-corrected chi connectivity index (χ1v) is 6.29. The molecule has 0 radical (unpaired) electrons. The lowest BCUT2D eigenvalue weighted by Crippen LogP contribution is -2.21. The summed E-state index contributed by atoms with van der Waals surface area (Å²) in [5, 5.41) is 1.98. The Kier molecular flexibility index (Phi) is 3.43. The van der Waals surface area contributed by atoms with E-state index in [4.69, 9.17) is 4.74 Å². The van der Waals surface area contributed by atoms with Gasteiger partial charge in [-0.2, -0.15) is 0 Å². The number of rotatable bonds is 2. The second-order valence-corrected chi connectivity index (χ2v) is 5.60. The van der Waals surface area contributed by atoms with E-state index < -0.39 is 0 Å². The molecule has 0 amide bonds. The average Bonchev–Trinajstić information content (AvgIpc) is 2.37. The summed E-state index contributed by atoms with van der Waals surface area (Å²) in [4.78, 5) is 12.1. The van der Waals surface area contributed by atoms with E-state index in [9.17, 15) is 4.79 Å². The molecule has 2 heteroatoms. The van der Waals surface area contributed by atoms with Gasteiger partial charge in [0.15, 0.2) is 0 Å². The molecule has 0 spiro atoms. The summed E-state index contributed by atoms with van der Waals surface area (Å²) < 4.78 is 5.48. The van der Waals surface area contributed by atoms with Gasteiger partial charge in [-0.1, -0.05) is 63.7 Å². The van der Waals surface area contributed by atoms with E-state index in [2.05, 4.69) is 6.58 Å². The summed E-state index contributed by atoms with van der Waals surface area (Å²) in [5.74, 6) is 0.206. The number of carbonyl (C=O) groups is 1. The Balaban J connectivity index is 2.32. The fourth-order valence-corrected chi connectivity index (χ4v) is 1.75. The zero-order chi connectivity index (χ0) is 14.0. The van der Waals surface area contributed by atoms with Crippen molar-refractivity contribution in [3.8, 4) is 5.75 Å². The van der Waals surface area contributed by atoms with Crippen LogP contribution in [0.4, 0.5) is 0 Å². The van der Waals surface area contributed by atoms with Crippen molar-refractivity contribution >= 4 is 16.7 Å². The van der Waals surface area contributed by atoms with Crippen molar-refractivity contribution in [1.82, 2.24) is 0 Å². The Morgan fingerprint density at radius 3 is 2.37 bits per heavy atom. The van der Waals surface area contributed by atoms with Crippen LogP contribution in [0.1, 0.15) is 20.8 Å². The molecule has 0 bridgehead atoms. The molecular formula is C17H18O2. The highest BCUT2D eigenvalue weighted by molar-refractivity contribution is 5.95. The van der Waals surface area contributed by atoms with Gasteiger partial charge in [0.05, 0.1) is 0 Å². The quantitative estimate of drug-likeness (QED) is 0.452. The molecule has 0 N–H and O–H groups in total. The number of hydrogen-bond donors (Lipinski definition) is 0. The SMILES string of the molecule is C=C(C(=O)Oc1cccc2ccccc12)C(C)(C)C. The Hall–Kier alpha value is -2.09. The van der Waals surface area contributed by atoms with Gasteiger partial charge in [-0.15, -0.1) is 0 Å². The third-order valence-electron chi connectivity index (χ3n) is 3.10. The lowest BCUT2D eigenvalue weighted by molar-refractivity contribution is -0.131. The average molecular weight is 254 g/mol. The van der Waals surface area contributed by atoms with E-state index >= 15 is 0 Å². The van der Waals surface area contributed by atoms with Crippen LogP contribution in [0.15, 0.2) is 54.6 Å². The molecule has 0 aromatic heterocycles. The number of benzene rings is 2. The predicted molar refractivity (Wildman–Crippen MR) is 78.2 cm³/mol. The minimum atomic E-state index is -0.371. The van der Waals surface area contributed by atoms with Crippen LogP contribution >= 0.6 is 0 Å². The van der Waals surface area contributed by atoms with E-state index in [1.165, 1.54) is 0 Å². The van der Waals surface area contributed by atoms with E-state index in [0.29, 0.717) is 11.3 Å². The van der Waals surface area contributed by atoms with E-state index in [1.807, 2.05) is 57.2 Å². The van der Waals surface area contributed by atoms with Crippen molar-refractivity contribution in [1.29, 1.82) is 0 Å². The molecule has 0 saturated heterocycles. The number of fused-ring (bicyclic) bond motifs is 1. The minimum Gasteiger partial charge on any atom is -0.423 e. The molecule has 98 valence electrons. The summed E-state index contributed by atoms with van der Waals surface area (Å²) in [6, 6.07) is 13.5. The smallest absolute Gasteiger partial charge is 0.339 e. The summed E-state index contributed by atoms with van der Waals surface area (Å²) in [6.45, 7) is 9.66. The molecule has 0 atom stereocenters. The molecular weight excluding hydrogens is 236 g/mol. The Bertz CT molecular complexity index is 628. The number of esters is 1. The van der Waals surface area contributed by atoms with Gasteiger partial charge in [0.2, 0.25) is 0 Å². The maximum atomic E-state index is 12.1. The molecule has 0 aliphatic heterocycles. The molecule has 2 rings (SSSR count). The lowest BCUT2D eigenvalue weighted by Gasteiger charge is -2.20. The van der Waals surface area contributed by atoms with Gasteiger partial charge in [0.1, 0.15) is 5.75 Å². The van der Waals surface area contributed by atoms with Gasteiger partial charge in [-0.3, -0.25) is 0 Å². The molecule has 2 nitrogen and oxygen atoms in total. The van der Waals surface area contributed by atoms with Crippen molar-refractivity contribution in [2.75, 3.05) is 0 Å². The van der Waals surface area contributed by atoms with Crippen LogP contribution in [0.5, 0.6) is 5.75 Å². The maximum absolute atomic E-state index is 12.1. The zero-order valence-corrected chi connectivity index (χ0v) is 11.6. The maximum Gasteiger partial charge on any atom is 0.339 e. The number of hydrogen-bond acceptors (Lipinski definition) is 2. The normalized spacial score (nSPS) is 11.3. The van der Waals surface area contributed by atoms with Crippen LogP contribution in [0.2, 0.25) is 0 Å². The summed E-state index contributed by atoms with van der Waals surface area (Å²) in [5.41, 5.74) is 0.183. The second-order valence-electron chi connectivity index (χ2n) is 5.60. The molecule has 0 saturated carbocycles. The monoisotopic (exact) mass is 254 g/mol. The predicted octanol–water partition coefficient (Wildman–Crippen LogP) is 4.35. The van der Waals surface area contributed by atoms with Crippen molar-refractivity contribution in [3.63, 3.8) is 0 Å².